The number of allylic oxidation sites excluding steroid dienone is 1. The summed E-state index contributed by atoms with van der Waals surface area (Å²) < 4.78 is 0. The van der Waals surface area contributed by atoms with Crippen LogP contribution in [0.5, 0.6) is 0 Å². The van der Waals surface area contributed by atoms with Gasteiger partial charge in [0.2, 0.25) is 0 Å². The van der Waals surface area contributed by atoms with Crippen LogP contribution in [0.1, 0.15) is 13.8 Å². The third kappa shape index (κ3) is 3.43. The maximum absolute atomic E-state index is 2.74. The molecule has 0 aromatic heterocycles. The smallest absolute Gasteiger partial charge is 0.0298 e. The topological polar surface area (TPSA) is 0 Å². The highest BCUT2D eigenvalue weighted by Gasteiger charge is 1.52. The molecule has 0 spiro atoms. The van der Waals surface area contributed by atoms with Crippen LogP contribution in [0, 0.1) is 6.08 Å². The largest absolute Gasteiger partial charge is 0.138 e. The van der Waals surface area contributed by atoms with E-state index in [0.717, 1.165) is 0 Å². The van der Waals surface area contributed by atoms with Gasteiger partial charge in [0, 0.05) is 6.92 Å². The third-order valence-electron chi connectivity index (χ3n) is 0.289. The first-order chi connectivity index (χ1) is 2.41. The van der Waals surface area contributed by atoms with Gasteiger partial charge in [-0.2, -0.15) is 0 Å². The Balaban J connectivity index is 3.26. The molecule has 0 heteroatoms. The van der Waals surface area contributed by atoms with E-state index >= 15 is 0 Å². The highest BCUT2D eigenvalue weighted by atomic mass is 13.4. The molecule has 0 bridgehead atoms. The monoisotopic (exact) mass is 67.1 g/mol. The van der Waals surface area contributed by atoms with Crippen molar-refractivity contribution in [1.29, 1.82) is 0 Å². The molecule has 0 fully saturated rings. The minimum Gasteiger partial charge on any atom is 0.0298 e. The van der Waals surface area contributed by atoms with Crippen molar-refractivity contribution in [2.45, 2.75) is 13.8 Å². The summed E-state index contributed by atoms with van der Waals surface area (Å²) in [5.74, 6) is 0. The summed E-state index contributed by atoms with van der Waals surface area (Å²) >= 11 is 0. The lowest BCUT2D eigenvalue weighted by atomic mass is 10.6. The fraction of sp³-hybridized carbons (Fsp3) is 0.400. The number of rotatable bonds is 0. The van der Waals surface area contributed by atoms with E-state index in [4.69, 9.17) is 0 Å². The Morgan fingerprint density at radius 2 is 2.40 bits per heavy atom. The molecule has 0 saturated carbocycles. The highest BCUT2D eigenvalue weighted by molar-refractivity contribution is 4.70. The zero-order valence-corrected chi connectivity index (χ0v) is 3.58. The summed E-state index contributed by atoms with van der Waals surface area (Å²) in [4.78, 5) is 0. The molecule has 0 aliphatic rings. The predicted molar refractivity (Wildman–Crippen MR) is 22.7 cm³/mol. The van der Waals surface area contributed by atoms with E-state index in [-0.39, 0.29) is 0 Å². The summed E-state index contributed by atoms with van der Waals surface area (Å²) in [6, 6.07) is 0. The summed E-state index contributed by atoms with van der Waals surface area (Å²) in [6.07, 6.45) is 4.53. The molecular weight excluding hydrogens is 60.1 g/mol. The molecule has 0 amide bonds. The van der Waals surface area contributed by atoms with Crippen LogP contribution < -0.4 is 0 Å². The molecule has 0 aromatic rings. The van der Waals surface area contributed by atoms with Crippen molar-refractivity contribution in [2.75, 3.05) is 0 Å². The van der Waals surface area contributed by atoms with E-state index in [9.17, 15) is 0 Å². The van der Waals surface area contributed by atoms with Crippen LogP contribution in [0.2, 0.25) is 0 Å². The van der Waals surface area contributed by atoms with Gasteiger partial charge in [0.1, 0.15) is 11.8 Å². The van der Waals surface area contributed by atoms with Crippen LogP contribution in [-0.4, -0.2) is 0 Å². The van der Waals surface area contributed by atoms with Crippen LogP contribution in [-0.2, 0) is 0 Å². The van der Waals surface area contributed by atoms with Gasteiger partial charge in [-0.25, -0.2) is 0 Å². The molecule has 0 unspecified atom stereocenters. The van der Waals surface area contributed by atoms with Crippen LogP contribution in [0.25, 0.3) is 0 Å². The second kappa shape index (κ2) is 3.43. The Kier molecular flexibility index (Phi) is 3.04. The molecule has 0 aliphatic heterocycles. The van der Waals surface area contributed by atoms with Gasteiger partial charge in [0.05, 0.1) is 13.0 Å². The average molecular weight is 67.1 g/mol. The minimum atomic E-state index is 1.82. The molecule has 5 heavy (non-hydrogen) atoms. The van der Waals surface area contributed by atoms with Crippen LogP contribution >= 0.6 is 0 Å². The van der Waals surface area contributed by atoms with Gasteiger partial charge in [-0.3, -0.25) is 0 Å². The van der Waals surface area contributed by atoms with Crippen molar-refractivity contribution in [3.05, 3.63) is 17.9 Å². The Morgan fingerprint density at radius 1 is 1.80 bits per heavy atom. The Labute approximate surface area is 32.8 Å². The van der Waals surface area contributed by atoms with E-state index in [1.165, 1.54) is 0 Å². The molecule has 0 atom stereocenters. The van der Waals surface area contributed by atoms with Crippen molar-refractivity contribution < 1.29 is 0 Å². The SMILES string of the molecule is C[C+]=C=CC. The Bertz CT molecular complexity index is 48.4. The second-order valence-corrected chi connectivity index (χ2v) is 0.683. The van der Waals surface area contributed by atoms with Crippen LogP contribution in [0.4, 0.5) is 0 Å². The zero-order chi connectivity index (χ0) is 4.12. The van der Waals surface area contributed by atoms with E-state index in [0.29, 0.717) is 0 Å². The summed E-state index contributed by atoms with van der Waals surface area (Å²) in [5, 5.41) is 0. The maximum atomic E-state index is 2.74. The van der Waals surface area contributed by atoms with Crippen molar-refractivity contribution >= 4 is 0 Å². The first-order valence-electron chi connectivity index (χ1n) is 1.62. The number of hydrogen-bond donors (Lipinski definition) is 0. The van der Waals surface area contributed by atoms with Gasteiger partial charge in [0.25, 0.3) is 0 Å². The van der Waals surface area contributed by atoms with Crippen molar-refractivity contribution in [1.82, 2.24) is 0 Å². The first-order valence-corrected chi connectivity index (χ1v) is 1.62. The quantitative estimate of drug-likeness (QED) is 0.298. The first kappa shape index (κ1) is 4.43. The fourth-order valence-corrected chi connectivity index (χ4v) is 0.144. The second-order valence-electron chi connectivity index (χ2n) is 0.683. The third-order valence-corrected chi connectivity index (χ3v) is 0.289. The van der Waals surface area contributed by atoms with Gasteiger partial charge < -0.3 is 0 Å². The molecule has 0 radical (unpaired) electrons. The van der Waals surface area contributed by atoms with Crippen LogP contribution in [0.3, 0.4) is 0 Å². The standard InChI is InChI=1S/C5H7/c1-3-5-4-2/h3H,1-2H3/q+1. The summed E-state index contributed by atoms with van der Waals surface area (Å²) in [6.45, 7) is 3.73. The van der Waals surface area contributed by atoms with Crippen molar-refractivity contribution in [3.63, 3.8) is 0 Å². The van der Waals surface area contributed by atoms with Gasteiger partial charge in [-0.15, -0.1) is 0 Å². The summed E-state index contributed by atoms with van der Waals surface area (Å²) in [5.41, 5.74) is 2.74. The average Bonchev–Trinajstić information content (AvgIpc) is 1.41. The normalized spacial score (nSPS) is 4.40. The summed E-state index contributed by atoms with van der Waals surface area (Å²) in [7, 11) is 0. The molecule has 0 heterocycles. The van der Waals surface area contributed by atoms with Gasteiger partial charge in [-0.1, -0.05) is 0 Å². The predicted octanol–water partition coefficient (Wildman–Crippen LogP) is 1.54. The molecule has 0 nitrogen and oxygen atoms in total. The molecule has 26 valence electrons. The Hall–Kier alpha value is -0.570. The lowest BCUT2D eigenvalue weighted by Gasteiger charge is -1.31. The van der Waals surface area contributed by atoms with E-state index in [1.54, 1.807) is 0 Å². The number of hydrogen-bond acceptors (Lipinski definition) is 0. The van der Waals surface area contributed by atoms with Crippen molar-refractivity contribution in [3.8, 4) is 0 Å². The maximum Gasteiger partial charge on any atom is 0.138 e. The molecule has 0 N–H and O–H groups in total. The fourth-order valence-electron chi connectivity index (χ4n) is 0.144. The zero-order valence-electron chi connectivity index (χ0n) is 3.58. The van der Waals surface area contributed by atoms with Crippen molar-refractivity contribution in [2.24, 2.45) is 0 Å². The molecular formula is C5H7+. The van der Waals surface area contributed by atoms with Crippen LogP contribution in [0.15, 0.2) is 11.8 Å². The highest BCUT2D eigenvalue weighted by Crippen LogP contribution is 1.55. The lowest BCUT2D eigenvalue weighted by Crippen LogP contribution is -1.28. The molecule has 0 rings (SSSR count). The molecule has 0 aromatic carbocycles. The van der Waals surface area contributed by atoms with Gasteiger partial charge in [0.15, 0.2) is 0 Å². The lowest BCUT2D eigenvalue weighted by molar-refractivity contribution is 1.65. The van der Waals surface area contributed by atoms with Gasteiger partial charge >= 0.3 is 0 Å². The minimum absolute atomic E-state index is 1.82. The molecule has 0 saturated heterocycles. The molecule has 0 aliphatic carbocycles. The van der Waals surface area contributed by atoms with Gasteiger partial charge in [-0.05, 0) is 0 Å². The van der Waals surface area contributed by atoms with E-state index < -0.39 is 0 Å². The van der Waals surface area contributed by atoms with E-state index in [1.807, 2.05) is 19.9 Å². The Morgan fingerprint density at radius 3 is 2.40 bits per heavy atom. The van der Waals surface area contributed by atoms with E-state index in [2.05, 4.69) is 11.8 Å².